The van der Waals surface area contributed by atoms with Crippen molar-refractivity contribution < 1.29 is 18.7 Å². The fraction of sp³-hybridized carbons (Fsp3) is 0.200. The number of methoxy groups -OCH3 is 1. The molecule has 1 N–H and O–H groups in total. The summed E-state index contributed by atoms with van der Waals surface area (Å²) < 4.78 is 21.0. The van der Waals surface area contributed by atoms with Crippen LogP contribution in [0.2, 0.25) is 0 Å². The van der Waals surface area contributed by atoms with Crippen molar-refractivity contribution in [2.45, 2.75) is 18.8 Å². The first-order valence-corrected chi connectivity index (χ1v) is 16.0. The van der Waals surface area contributed by atoms with E-state index in [2.05, 4.69) is 30.2 Å². The number of amides is 1. The van der Waals surface area contributed by atoms with Crippen molar-refractivity contribution in [3.63, 3.8) is 0 Å². The van der Waals surface area contributed by atoms with E-state index in [0.29, 0.717) is 21.9 Å². The lowest BCUT2D eigenvalue weighted by Crippen LogP contribution is -2.33. The monoisotopic (exact) mass is 630 g/mol. The highest BCUT2D eigenvalue weighted by atomic mass is 32.1. The summed E-state index contributed by atoms with van der Waals surface area (Å²) >= 11 is 4.47. The maximum atomic E-state index is 14.1. The minimum Gasteiger partial charge on any atom is -0.494 e. The summed E-state index contributed by atoms with van der Waals surface area (Å²) in [6, 6.07) is 11.2. The number of hydrogen-bond acceptors (Lipinski definition) is 11. The Hall–Kier alpha value is -4.33. The molecule has 0 aliphatic carbocycles. The van der Waals surface area contributed by atoms with Gasteiger partial charge in [0.2, 0.25) is 0 Å². The normalized spacial score (nSPS) is 14.0. The molecule has 6 aromatic rings. The summed E-state index contributed by atoms with van der Waals surface area (Å²) in [5.74, 6) is 0.0687. The van der Waals surface area contributed by atoms with Crippen molar-refractivity contribution in [2.75, 3.05) is 30.4 Å². The van der Waals surface area contributed by atoms with Gasteiger partial charge in [0.15, 0.2) is 22.5 Å². The second-order valence-corrected chi connectivity index (χ2v) is 12.8. The molecule has 1 saturated heterocycles. The van der Waals surface area contributed by atoms with Crippen LogP contribution in [0.1, 0.15) is 50.2 Å². The first-order valence-electron chi connectivity index (χ1n) is 13.5. The molecule has 13 heteroatoms. The average Bonchev–Trinajstić information content (AvgIpc) is 3.80. The molecule has 0 radical (unpaired) electrons. The Morgan fingerprint density at radius 1 is 1.00 bits per heavy atom. The van der Waals surface area contributed by atoms with E-state index >= 15 is 0 Å². The van der Waals surface area contributed by atoms with Crippen LogP contribution in [0.15, 0.2) is 59.6 Å². The van der Waals surface area contributed by atoms with E-state index < -0.39 is 5.82 Å². The maximum absolute atomic E-state index is 14.1. The minimum absolute atomic E-state index is 0.0721. The van der Waals surface area contributed by atoms with Gasteiger partial charge in [-0.3, -0.25) is 14.9 Å². The lowest BCUT2D eigenvalue weighted by molar-refractivity contribution is 0.101. The number of rotatable bonds is 7. The van der Waals surface area contributed by atoms with Crippen molar-refractivity contribution >= 4 is 77.1 Å². The molecule has 5 heterocycles. The number of piperidine rings is 1. The second kappa shape index (κ2) is 11.4. The third-order valence-corrected chi connectivity index (χ3v) is 10.3. The molecule has 4 aromatic heterocycles. The molecule has 216 valence electrons. The minimum atomic E-state index is -0.606. The number of aromatic nitrogens is 4. The topological polar surface area (TPSA) is 110 Å². The van der Waals surface area contributed by atoms with Gasteiger partial charge in [-0.05, 0) is 60.7 Å². The summed E-state index contributed by atoms with van der Waals surface area (Å²) in [6.45, 7) is 1.72. The van der Waals surface area contributed by atoms with Crippen LogP contribution in [-0.2, 0) is 0 Å². The van der Waals surface area contributed by atoms with Gasteiger partial charge in [-0.25, -0.2) is 24.3 Å². The van der Waals surface area contributed by atoms with Crippen LogP contribution < -0.4 is 15.0 Å². The third-order valence-electron chi connectivity index (χ3n) is 7.41. The highest BCUT2D eigenvalue weighted by Gasteiger charge is 2.26. The summed E-state index contributed by atoms with van der Waals surface area (Å²) in [4.78, 5) is 46.4. The van der Waals surface area contributed by atoms with Gasteiger partial charge in [-0.2, -0.15) is 0 Å². The number of carbonyl (C=O) groups excluding carboxylic acids is 2. The Labute approximate surface area is 257 Å². The van der Waals surface area contributed by atoms with Gasteiger partial charge >= 0.3 is 0 Å². The lowest BCUT2D eigenvalue weighted by Gasteiger charge is -2.32. The second-order valence-electron chi connectivity index (χ2n) is 10.00. The molecular formula is C30H23FN6O3S3. The number of ether oxygens (including phenoxy) is 1. The third kappa shape index (κ3) is 5.35. The summed E-state index contributed by atoms with van der Waals surface area (Å²) in [7, 11) is 1.37. The number of hydrogen-bond donors (Lipinski definition) is 1. The van der Waals surface area contributed by atoms with Crippen molar-refractivity contribution in [3.05, 3.63) is 87.2 Å². The van der Waals surface area contributed by atoms with E-state index in [9.17, 15) is 14.0 Å². The van der Waals surface area contributed by atoms with Gasteiger partial charge in [0.1, 0.15) is 17.8 Å². The fourth-order valence-electron chi connectivity index (χ4n) is 5.18. The summed E-state index contributed by atoms with van der Waals surface area (Å²) in [5, 5.41) is 8.04. The number of nitrogens with zero attached hydrogens (tertiary/aromatic N) is 5. The predicted octanol–water partition coefficient (Wildman–Crippen LogP) is 6.77. The fourth-order valence-corrected chi connectivity index (χ4v) is 7.85. The highest BCUT2D eigenvalue weighted by molar-refractivity contribution is 7.22. The van der Waals surface area contributed by atoms with Gasteiger partial charge in [0.25, 0.3) is 5.91 Å². The van der Waals surface area contributed by atoms with Gasteiger partial charge in [-0.15, -0.1) is 22.7 Å². The van der Waals surface area contributed by atoms with E-state index in [-0.39, 0.29) is 28.9 Å². The lowest BCUT2D eigenvalue weighted by atomic mass is 9.97. The molecule has 0 spiro atoms. The van der Waals surface area contributed by atoms with E-state index in [1.165, 1.54) is 41.9 Å². The molecule has 0 saturated carbocycles. The molecule has 0 bridgehead atoms. The number of fused-ring (bicyclic) bond motifs is 2. The first-order chi connectivity index (χ1) is 21.0. The van der Waals surface area contributed by atoms with E-state index in [0.717, 1.165) is 57.7 Å². The standard InChI is InChI=1S/C30H23FN6O3S3/c1-40-23-4-2-17(12-19(23)31)25(38)18-3-5-24-21(13-18)35-30(43-24)36-28(39)22-14-42-29(34-22)16-6-9-37(10-7-16)27-26-20(8-11-41-26)32-15-33-27/h2-5,8,11-16H,6-7,9-10H2,1H3,(H,35,36,39). The smallest absolute Gasteiger partial charge is 0.276 e. The van der Waals surface area contributed by atoms with Crippen LogP contribution in [0, 0.1) is 5.82 Å². The van der Waals surface area contributed by atoms with E-state index in [4.69, 9.17) is 4.74 Å². The number of ketones is 1. The Bertz CT molecular complexity index is 2000. The predicted molar refractivity (Wildman–Crippen MR) is 168 cm³/mol. The largest absolute Gasteiger partial charge is 0.494 e. The van der Waals surface area contributed by atoms with Crippen molar-refractivity contribution in [1.82, 2.24) is 19.9 Å². The molecule has 43 heavy (non-hydrogen) atoms. The molecule has 0 atom stereocenters. The maximum Gasteiger partial charge on any atom is 0.276 e. The molecule has 1 aliphatic rings. The van der Waals surface area contributed by atoms with Crippen molar-refractivity contribution in [3.8, 4) is 5.75 Å². The summed E-state index contributed by atoms with van der Waals surface area (Å²) in [5.41, 5.74) is 2.47. The molecular weight excluding hydrogens is 608 g/mol. The van der Waals surface area contributed by atoms with Gasteiger partial charge < -0.3 is 9.64 Å². The molecule has 7 rings (SSSR count). The quantitative estimate of drug-likeness (QED) is 0.193. The van der Waals surface area contributed by atoms with Crippen LogP contribution in [0.3, 0.4) is 0 Å². The Kier molecular flexibility index (Phi) is 7.29. The van der Waals surface area contributed by atoms with Crippen LogP contribution >= 0.6 is 34.0 Å². The number of anilines is 2. The van der Waals surface area contributed by atoms with Crippen molar-refractivity contribution in [1.29, 1.82) is 0 Å². The van der Waals surface area contributed by atoms with Crippen LogP contribution in [0.25, 0.3) is 20.4 Å². The zero-order valence-corrected chi connectivity index (χ0v) is 25.2. The molecule has 1 aliphatic heterocycles. The molecule has 0 unspecified atom stereocenters. The highest BCUT2D eigenvalue weighted by Crippen LogP contribution is 2.35. The van der Waals surface area contributed by atoms with Crippen LogP contribution in [0.4, 0.5) is 15.3 Å². The number of halogens is 1. The zero-order valence-electron chi connectivity index (χ0n) is 22.7. The van der Waals surface area contributed by atoms with Gasteiger partial charge in [0, 0.05) is 35.5 Å². The van der Waals surface area contributed by atoms with E-state index in [1.807, 2.05) is 11.4 Å². The van der Waals surface area contributed by atoms with Crippen molar-refractivity contribution in [2.24, 2.45) is 0 Å². The van der Waals surface area contributed by atoms with Gasteiger partial charge in [-0.1, -0.05) is 11.3 Å². The number of nitrogens with one attached hydrogen (secondary N) is 1. The SMILES string of the molecule is COc1ccc(C(=O)c2ccc3sc(NC(=O)c4csc(C5CCN(c6ncnc7ccsc67)CC5)n4)nc3c2)cc1F. The first kappa shape index (κ1) is 27.5. The number of benzene rings is 2. The molecule has 1 amide bonds. The Morgan fingerprint density at radius 3 is 2.63 bits per heavy atom. The Morgan fingerprint density at radius 2 is 1.81 bits per heavy atom. The average molecular weight is 631 g/mol. The summed E-state index contributed by atoms with van der Waals surface area (Å²) in [6.07, 6.45) is 3.47. The van der Waals surface area contributed by atoms with E-state index in [1.54, 1.807) is 41.2 Å². The molecule has 1 fully saturated rings. The van der Waals surface area contributed by atoms with Gasteiger partial charge in [0.05, 0.1) is 32.6 Å². The van der Waals surface area contributed by atoms with Crippen LogP contribution in [0.5, 0.6) is 5.75 Å². The molecule has 9 nitrogen and oxygen atoms in total. The number of carbonyl (C=O) groups is 2. The number of thiazole rings is 2. The van der Waals surface area contributed by atoms with Crippen LogP contribution in [-0.4, -0.2) is 51.8 Å². The number of thiophene rings is 1. The Balaban J connectivity index is 1.00. The molecule has 2 aromatic carbocycles. The zero-order chi connectivity index (χ0) is 29.5.